The van der Waals surface area contributed by atoms with Gasteiger partial charge in [0.05, 0.1) is 27.9 Å². The second kappa shape index (κ2) is 7.60. The van der Waals surface area contributed by atoms with E-state index in [2.05, 4.69) is 11.1 Å². The molecule has 1 unspecified atom stereocenters. The van der Waals surface area contributed by atoms with Crippen LogP contribution in [0.2, 0.25) is 0 Å². The van der Waals surface area contributed by atoms with Gasteiger partial charge in [0, 0.05) is 12.7 Å². The third kappa shape index (κ3) is 3.90. The first kappa shape index (κ1) is 19.6. The third-order valence-electron chi connectivity index (χ3n) is 5.93. The van der Waals surface area contributed by atoms with Crippen LogP contribution in [0.5, 0.6) is 0 Å². The van der Waals surface area contributed by atoms with Gasteiger partial charge >= 0.3 is 0 Å². The molecule has 1 aliphatic carbocycles. The average Bonchev–Trinajstić information content (AvgIpc) is 3.37. The van der Waals surface area contributed by atoms with Crippen LogP contribution < -0.4 is 5.01 Å². The Kier molecular flexibility index (Phi) is 5.13. The molecule has 4 rings (SSSR count). The zero-order valence-corrected chi connectivity index (χ0v) is 17.5. The summed E-state index contributed by atoms with van der Waals surface area (Å²) in [4.78, 5) is 4.95. The molecule has 1 atom stereocenters. The van der Waals surface area contributed by atoms with Crippen molar-refractivity contribution in [2.75, 3.05) is 11.3 Å². The fourth-order valence-electron chi connectivity index (χ4n) is 4.32. The second-order valence-electron chi connectivity index (χ2n) is 7.92. The van der Waals surface area contributed by atoms with Crippen LogP contribution in [0.25, 0.3) is 0 Å². The van der Waals surface area contributed by atoms with E-state index in [0.29, 0.717) is 22.1 Å². The summed E-state index contributed by atoms with van der Waals surface area (Å²) in [6.45, 7) is 1.84. The molecular weight excluding hydrogens is 384 g/mol. The standard InChI is InChI=1S/C22H24N4O2S/c1-15-18(14-23)9-12-22(24-15)26-21(17-5-3-4-6-17)13-20(25-26)16-7-10-19(11-8-16)29(2,27)28/h7-12,17,21H,3-6,13H2,1-2H3. The van der Waals surface area contributed by atoms with Gasteiger partial charge in [0.15, 0.2) is 9.84 Å². The molecule has 7 heteroatoms. The van der Waals surface area contributed by atoms with Crippen LogP contribution in [0, 0.1) is 24.2 Å². The largest absolute Gasteiger partial charge is 0.244 e. The van der Waals surface area contributed by atoms with Crippen molar-refractivity contribution in [3.63, 3.8) is 0 Å². The Morgan fingerprint density at radius 3 is 2.38 bits per heavy atom. The van der Waals surface area contributed by atoms with Crippen LogP contribution in [0.15, 0.2) is 46.4 Å². The van der Waals surface area contributed by atoms with Crippen LogP contribution in [0.3, 0.4) is 0 Å². The summed E-state index contributed by atoms with van der Waals surface area (Å²) in [7, 11) is -3.22. The van der Waals surface area contributed by atoms with E-state index >= 15 is 0 Å². The second-order valence-corrected chi connectivity index (χ2v) is 9.93. The molecule has 1 aromatic carbocycles. The van der Waals surface area contributed by atoms with Crippen molar-refractivity contribution in [3.8, 4) is 6.07 Å². The van der Waals surface area contributed by atoms with Crippen molar-refractivity contribution in [3.05, 3.63) is 53.2 Å². The average molecular weight is 409 g/mol. The Balaban J connectivity index is 1.69. The first-order valence-corrected chi connectivity index (χ1v) is 11.8. The summed E-state index contributed by atoms with van der Waals surface area (Å²) >= 11 is 0. The van der Waals surface area contributed by atoms with E-state index in [9.17, 15) is 13.7 Å². The molecule has 2 aliphatic rings. The van der Waals surface area contributed by atoms with E-state index in [1.165, 1.54) is 31.9 Å². The summed E-state index contributed by atoms with van der Waals surface area (Å²) in [5.41, 5.74) is 3.17. The lowest BCUT2D eigenvalue weighted by Crippen LogP contribution is -2.33. The molecule has 0 spiro atoms. The topological polar surface area (TPSA) is 86.4 Å². The number of pyridine rings is 1. The number of nitriles is 1. The lowest BCUT2D eigenvalue weighted by molar-refractivity contribution is 0.428. The number of hydrogen-bond donors (Lipinski definition) is 0. The van der Waals surface area contributed by atoms with E-state index in [0.717, 1.165) is 23.5 Å². The number of anilines is 1. The molecule has 1 aromatic heterocycles. The maximum atomic E-state index is 11.7. The highest BCUT2D eigenvalue weighted by Gasteiger charge is 2.36. The summed E-state index contributed by atoms with van der Waals surface area (Å²) in [5, 5.41) is 16.1. The smallest absolute Gasteiger partial charge is 0.175 e. The lowest BCUT2D eigenvalue weighted by atomic mass is 9.92. The predicted molar refractivity (Wildman–Crippen MR) is 113 cm³/mol. The van der Waals surface area contributed by atoms with Gasteiger partial charge in [-0.15, -0.1) is 0 Å². The number of benzene rings is 1. The zero-order chi connectivity index (χ0) is 20.6. The van der Waals surface area contributed by atoms with Crippen LogP contribution in [-0.4, -0.2) is 31.4 Å². The number of sulfone groups is 1. The van der Waals surface area contributed by atoms with Gasteiger partial charge in [-0.2, -0.15) is 10.4 Å². The van der Waals surface area contributed by atoms with Gasteiger partial charge in [0.2, 0.25) is 0 Å². The highest BCUT2D eigenvalue weighted by Crippen LogP contribution is 2.37. The minimum Gasteiger partial charge on any atom is -0.244 e. The van der Waals surface area contributed by atoms with Crippen LogP contribution in [0.1, 0.15) is 48.9 Å². The van der Waals surface area contributed by atoms with Crippen LogP contribution in [-0.2, 0) is 9.84 Å². The fourth-order valence-corrected chi connectivity index (χ4v) is 4.95. The molecule has 0 radical (unpaired) electrons. The van der Waals surface area contributed by atoms with Gasteiger partial charge in [0.25, 0.3) is 0 Å². The zero-order valence-electron chi connectivity index (χ0n) is 16.7. The van der Waals surface area contributed by atoms with E-state index < -0.39 is 9.84 Å². The number of aromatic nitrogens is 1. The number of aryl methyl sites for hydroxylation is 1. The lowest BCUT2D eigenvalue weighted by Gasteiger charge is -2.27. The molecular formula is C22H24N4O2S. The summed E-state index contributed by atoms with van der Waals surface area (Å²) in [6, 6.07) is 13.0. The molecule has 1 fully saturated rings. The minimum atomic E-state index is -3.22. The quantitative estimate of drug-likeness (QED) is 0.767. The molecule has 0 saturated heterocycles. The molecule has 0 bridgehead atoms. The Hall–Kier alpha value is -2.72. The van der Waals surface area contributed by atoms with Gasteiger partial charge in [-0.25, -0.2) is 18.4 Å². The maximum Gasteiger partial charge on any atom is 0.175 e. The Bertz CT molecular complexity index is 1090. The molecule has 2 aromatic rings. The number of hydrogen-bond acceptors (Lipinski definition) is 6. The maximum absolute atomic E-state index is 11.7. The van der Waals surface area contributed by atoms with Crippen molar-refractivity contribution < 1.29 is 8.42 Å². The van der Waals surface area contributed by atoms with E-state index in [-0.39, 0.29) is 6.04 Å². The Labute approximate surface area is 171 Å². The van der Waals surface area contributed by atoms with Crippen molar-refractivity contribution in [2.45, 2.75) is 50.0 Å². The first-order chi connectivity index (χ1) is 13.9. The van der Waals surface area contributed by atoms with Crippen molar-refractivity contribution >= 4 is 21.4 Å². The Morgan fingerprint density at radius 1 is 1.10 bits per heavy atom. The number of nitrogens with zero attached hydrogens (tertiary/aromatic N) is 4. The van der Waals surface area contributed by atoms with Crippen LogP contribution >= 0.6 is 0 Å². The molecule has 1 aliphatic heterocycles. The third-order valence-corrected chi connectivity index (χ3v) is 7.06. The fraction of sp³-hybridized carbons (Fsp3) is 0.409. The first-order valence-electron chi connectivity index (χ1n) is 9.92. The molecule has 6 nitrogen and oxygen atoms in total. The molecule has 29 heavy (non-hydrogen) atoms. The summed E-state index contributed by atoms with van der Waals surface area (Å²) in [6.07, 6.45) is 6.88. The summed E-state index contributed by atoms with van der Waals surface area (Å²) < 4.78 is 23.5. The van der Waals surface area contributed by atoms with Crippen molar-refractivity contribution in [1.29, 1.82) is 5.26 Å². The highest BCUT2D eigenvalue weighted by molar-refractivity contribution is 7.90. The molecule has 0 N–H and O–H groups in total. The van der Waals surface area contributed by atoms with Gasteiger partial charge in [0.1, 0.15) is 11.9 Å². The monoisotopic (exact) mass is 408 g/mol. The predicted octanol–water partition coefficient (Wildman–Crippen LogP) is 3.84. The molecule has 0 amide bonds. The number of hydrazone groups is 1. The van der Waals surface area contributed by atoms with Gasteiger partial charge < -0.3 is 0 Å². The molecule has 150 valence electrons. The van der Waals surface area contributed by atoms with Crippen molar-refractivity contribution in [1.82, 2.24) is 4.98 Å². The van der Waals surface area contributed by atoms with Crippen molar-refractivity contribution in [2.24, 2.45) is 11.0 Å². The minimum absolute atomic E-state index is 0.238. The van der Waals surface area contributed by atoms with Crippen LogP contribution in [0.4, 0.5) is 5.82 Å². The van der Waals surface area contributed by atoms with Gasteiger partial charge in [-0.3, -0.25) is 0 Å². The van der Waals surface area contributed by atoms with Gasteiger partial charge in [-0.1, -0.05) is 25.0 Å². The Morgan fingerprint density at radius 2 is 1.79 bits per heavy atom. The molecule has 2 heterocycles. The summed E-state index contributed by atoms with van der Waals surface area (Å²) in [5.74, 6) is 1.32. The SMILES string of the molecule is Cc1nc(N2N=C(c3ccc(S(C)(=O)=O)cc3)CC2C2CCCC2)ccc1C#N. The normalized spacial score (nSPS) is 20.0. The highest BCUT2D eigenvalue weighted by atomic mass is 32.2. The van der Waals surface area contributed by atoms with Gasteiger partial charge in [-0.05, 0) is 55.5 Å². The number of rotatable bonds is 4. The molecule has 1 saturated carbocycles. The van der Waals surface area contributed by atoms with E-state index in [1.54, 1.807) is 18.2 Å². The van der Waals surface area contributed by atoms with E-state index in [4.69, 9.17) is 5.10 Å². The van der Waals surface area contributed by atoms with E-state index in [1.807, 2.05) is 30.1 Å².